The van der Waals surface area contributed by atoms with E-state index in [1.807, 2.05) is 36.4 Å². The molecule has 8 heteroatoms. The average molecular weight is 528 g/mol. The van der Waals surface area contributed by atoms with Gasteiger partial charge in [-0.15, -0.1) is 12.6 Å². The van der Waals surface area contributed by atoms with E-state index in [0.717, 1.165) is 48.5 Å². The molecule has 1 amide bonds. The highest BCUT2D eigenvalue weighted by Crippen LogP contribution is 2.38. The number of aromatic amines is 1. The van der Waals surface area contributed by atoms with Crippen molar-refractivity contribution < 1.29 is 4.79 Å². The summed E-state index contributed by atoms with van der Waals surface area (Å²) >= 11 is 4.79. The number of hydrogen-bond acceptors (Lipinski definition) is 5. The molecule has 0 spiro atoms. The van der Waals surface area contributed by atoms with E-state index < -0.39 is 5.37 Å². The van der Waals surface area contributed by atoms with Crippen molar-refractivity contribution in [3.05, 3.63) is 93.8 Å². The van der Waals surface area contributed by atoms with E-state index in [9.17, 15) is 9.59 Å². The van der Waals surface area contributed by atoms with E-state index in [1.165, 1.54) is 17.4 Å². The first-order valence-electron chi connectivity index (χ1n) is 13.6. The highest BCUT2D eigenvalue weighted by molar-refractivity contribution is 7.80. The summed E-state index contributed by atoms with van der Waals surface area (Å²) in [5.74, 6) is 1.16. The molecule has 1 aliphatic heterocycles. The zero-order chi connectivity index (χ0) is 26.1. The van der Waals surface area contributed by atoms with Gasteiger partial charge < -0.3 is 15.2 Å². The van der Waals surface area contributed by atoms with E-state index in [1.54, 1.807) is 9.47 Å². The lowest BCUT2D eigenvalue weighted by Crippen LogP contribution is -2.44. The summed E-state index contributed by atoms with van der Waals surface area (Å²) in [6, 6.07) is 18.0. The standard InChI is InChI=1S/C30H33N5O2S/c36-26(14-17-31-16-13-21-19-32-24-12-5-4-11-23(21)24)34-18-15-25-27(30(34)38)29(37)35(22-9-2-1-3-10-22)28(33-25)20-7-6-8-20/h1-5,9-12,19-20,30-32,38H,6-8,13-18H2. The van der Waals surface area contributed by atoms with Crippen LogP contribution in [0.1, 0.15) is 59.6 Å². The van der Waals surface area contributed by atoms with E-state index in [-0.39, 0.29) is 11.5 Å². The number of carbonyl (C=O) groups excluding carboxylic acids is 1. The van der Waals surface area contributed by atoms with Crippen molar-refractivity contribution in [2.24, 2.45) is 0 Å². The molecule has 0 bridgehead atoms. The van der Waals surface area contributed by atoms with Gasteiger partial charge in [-0.25, -0.2) is 4.98 Å². The summed E-state index contributed by atoms with van der Waals surface area (Å²) in [6.45, 7) is 1.90. The van der Waals surface area contributed by atoms with Crippen molar-refractivity contribution >= 4 is 29.4 Å². The van der Waals surface area contributed by atoms with Crippen LogP contribution in [-0.2, 0) is 17.6 Å². The van der Waals surface area contributed by atoms with Gasteiger partial charge in [0.05, 0.1) is 16.9 Å². The Labute approximate surface area is 227 Å². The summed E-state index contributed by atoms with van der Waals surface area (Å²) in [5, 5.41) is 4.05. The van der Waals surface area contributed by atoms with Crippen LogP contribution in [0.4, 0.5) is 0 Å². The molecule has 2 aliphatic rings. The second-order valence-electron chi connectivity index (χ2n) is 10.3. The van der Waals surface area contributed by atoms with Crippen LogP contribution in [0.5, 0.6) is 0 Å². The Bertz CT molecular complexity index is 1510. The number of nitrogens with zero attached hydrogens (tertiary/aromatic N) is 3. The summed E-state index contributed by atoms with van der Waals surface area (Å²) in [5.41, 5.74) is 4.46. The average Bonchev–Trinajstić information content (AvgIpc) is 3.31. The minimum Gasteiger partial charge on any atom is -0.361 e. The Balaban J connectivity index is 1.13. The number of hydrogen-bond donors (Lipinski definition) is 3. The quantitative estimate of drug-likeness (QED) is 0.233. The lowest BCUT2D eigenvalue weighted by Gasteiger charge is -2.35. The summed E-state index contributed by atoms with van der Waals surface area (Å²) in [7, 11) is 0. The van der Waals surface area contributed by atoms with Gasteiger partial charge in [0, 0.05) is 48.9 Å². The Morgan fingerprint density at radius 2 is 1.87 bits per heavy atom. The molecular formula is C30H33N5O2S. The van der Waals surface area contributed by atoms with Crippen LogP contribution in [0.15, 0.2) is 65.6 Å². The molecule has 1 saturated carbocycles. The van der Waals surface area contributed by atoms with E-state index >= 15 is 0 Å². The molecule has 38 heavy (non-hydrogen) atoms. The van der Waals surface area contributed by atoms with E-state index in [0.29, 0.717) is 37.4 Å². The second kappa shape index (κ2) is 10.8. The van der Waals surface area contributed by atoms with Crippen molar-refractivity contribution in [2.45, 2.75) is 49.8 Å². The van der Waals surface area contributed by atoms with Crippen molar-refractivity contribution in [1.82, 2.24) is 24.8 Å². The molecule has 1 unspecified atom stereocenters. The van der Waals surface area contributed by atoms with Crippen LogP contribution < -0.4 is 10.9 Å². The van der Waals surface area contributed by atoms with Crippen molar-refractivity contribution in [1.29, 1.82) is 0 Å². The Morgan fingerprint density at radius 3 is 2.66 bits per heavy atom. The number of fused-ring (bicyclic) bond motifs is 2. The Kier molecular flexibility index (Phi) is 7.08. The number of rotatable bonds is 8. The predicted molar refractivity (Wildman–Crippen MR) is 153 cm³/mol. The van der Waals surface area contributed by atoms with Crippen molar-refractivity contribution in [3.8, 4) is 5.69 Å². The van der Waals surface area contributed by atoms with Crippen LogP contribution in [-0.4, -0.2) is 45.0 Å². The first-order valence-corrected chi connectivity index (χ1v) is 14.1. The van der Waals surface area contributed by atoms with Gasteiger partial charge in [0.25, 0.3) is 5.56 Å². The molecule has 4 aromatic rings. The molecule has 0 radical (unpaired) electrons. The maximum atomic E-state index is 13.9. The van der Waals surface area contributed by atoms with Crippen LogP contribution in [0.2, 0.25) is 0 Å². The fourth-order valence-corrected chi connectivity index (χ4v) is 6.11. The predicted octanol–water partition coefficient (Wildman–Crippen LogP) is 4.52. The molecule has 1 atom stereocenters. The normalized spacial score (nSPS) is 17.4. The van der Waals surface area contributed by atoms with Gasteiger partial charge >= 0.3 is 0 Å². The molecular weight excluding hydrogens is 494 g/mol. The maximum absolute atomic E-state index is 13.9. The minimum absolute atomic E-state index is 0.00368. The van der Waals surface area contributed by atoms with Gasteiger partial charge in [-0.3, -0.25) is 14.2 Å². The van der Waals surface area contributed by atoms with Gasteiger partial charge in [-0.1, -0.05) is 42.8 Å². The number of amides is 1. The fraction of sp³-hybridized carbons (Fsp3) is 0.367. The van der Waals surface area contributed by atoms with Crippen LogP contribution >= 0.6 is 12.6 Å². The molecule has 1 fully saturated rings. The lowest BCUT2D eigenvalue weighted by atomic mass is 9.84. The third kappa shape index (κ3) is 4.67. The highest BCUT2D eigenvalue weighted by Gasteiger charge is 2.35. The van der Waals surface area contributed by atoms with Crippen LogP contribution in [0, 0.1) is 0 Å². The van der Waals surface area contributed by atoms with E-state index in [2.05, 4.69) is 34.7 Å². The number of aromatic nitrogens is 3. The molecule has 6 rings (SSSR count). The lowest BCUT2D eigenvalue weighted by molar-refractivity contribution is -0.132. The topological polar surface area (TPSA) is 83.0 Å². The summed E-state index contributed by atoms with van der Waals surface area (Å²) in [6.07, 6.45) is 7.16. The van der Waals surface area contributed by atoms with Crippen LogP contribution in [0.25, 0.3) is 16.6 Å². The molecule has 0 saturated heterocycles. The van der Waals surface area contributed by atoms with Gasteiger partial charge in [0.2, 0.25) is 5.91 Å². The molecule has 1 aliphatic carbocycles. The number of thiol groups is 1. The zero-order valence-corrected chi connectivity index (χ0v) is 22.3. The van der Waals surface area contributed by atoms with Gasteiger partial charge in [-0.2, -0.15) is 0 Å². The van der Waals surface area contributed by atoms with Gasteiger partial charge in [0.1, 0.15) is 11.2 Å². The smallest absolute Gasteiger partial charge is 0.264 e. The van der Waals surface area contributed by atoms with Crippen LogP contribution in [0.3, 0.4) is 0 Å². The number of para-hydroxylation sites is 2. The maximum Gasteiger partial charge on any atom is 0.264 e. The van der Waals surface area contributed by atoms with Crippen molar-refractivity contribution in [3.63, 3.8) is 0 Å². The number of carbonyl (C=O) groups is 1. The third-order valence-corrected chi connectivity index (χ3v) is 8.47. The molecule has 196 valence electrons. The Morgan fingerprint density at radius 1 is 1.08 bits per heavy atom. The summed E-state index contributed by atoms with van der Waals surface area (Å²) in [4.78, 5) is 37.1. The number of H-pyrrole nitrogens is 1. The monoisotopic (exact) mass is 527 g/mol. The minimum atomic E-state index is -0.595. The largest absolute Gasteiger partial charge is 0.361 e. The third-order valence-electron chi connectivity index (χ3n) is 7.93. The summed E-state index contributed by atoms with van der Waals surface area (Å²) < 4.78 is 1.76. The number of benzene rings is 2. The molecule has 2 aromatic carbocycles. The second-order valence-corrected chi connectivity index (χ2v) is 10.7. The Hall–Kier alpha value is -3.36. The first-order chi connectivity index (χ1) is 18.6. The van der Waals surface area contributed by atoms with E-state index in [4.69, 9.17) is 17.6 Å². The fourth-order valence-electron chi connectivity index (χ4n) is 5.60. The first kappa shape index (κ1) is 24.9. The van der Waals surface area contributed by atoms with Crippen molar-refractivity contribution in [2.75, 3.05) is 19.6 Å². The molecule has 7 nitrogen and oxygen atoms in total. The zero-order valence-electron chi connectivity index (χ0n) is 21.4. The molecule has 3 heterocycles. The molecule has 2 N–H and O–H groups in total. The van der Waals surface area contributed by atoms with Gasteiger partial charge in [-0.05, 0) is 49.6 Å². The van der Waals surface area contributed by atoms with Gasteiger partial charge in [0.15, 0.2) is 0 Å². The number of nitrogens with one attached hydrogen (secondary N) is 2. The SMILES string of the molecule is O=C(CCNCCc1c[nH]c2ccccc12)N1CCc2nc(C3CCC3)n(-c3ccccc3)c(=O)c2C1S. The highest BCUT2D eigenvalue weighted by atomic mass is 32.1. The molecule has 2 aromatic heterocycles.